The number of carbonyl (C=O) groups is 1. The topological polar surface area (TPSA) is 49.3 Å². The molecule has 1 aliphatic heterocycles. The molecule has 0 spiro atoms. The summed E-state index contributed by atoms with van der Waals surface area (Å²) < 4.78 is 0. The van der Waals surface area contributed by atoms with Crippen LogP contribution in [-0.4, -0.2) is 22.7 Å². The van der Waals surface area contributed by atoms with E-state index in [1.807, 2.05) is 0 Å². The van der Waals surface area contributed by atoms with E-state index in [0.29, 0.717) is 6.42 Å². The van der Waals surface area contributed by atoms with Crippen LogP contribution in [0.5, 0.6) is 0 Å². The van der Waals surface area contributed by atoms with Gasteiger partial charge in [0.05, 0.1) is 0 Å². The van der Waals surface area contributed by atoms with Crippen LogP contribution in [0.25, 0.3) is 0 Å². The third-order valence-electron chi connectivity index (χ3n) is 1.59. The molecule has 0 aliphatic carbocycles. The summed E-state index contributed by atoms with van der Waals surface area (Å²) >= 11 is 0. The molecule has 1 saturated heterocycles. The number of nitrogens with one attached hydrogen (secondary N) is 1. The van der Waals surface area contributed by atoms with E-state index in [9.17, 15) is 9.90 Å². The molecule has 1 fully saturated rings. The number of hydrogen-bond acceptors (Lipinski definition) is 2. The molecule has 1 heterocycles. The molecule has 0 saturated carbocycles. The maximum Gasteiger partial charge on any atom is 0.264 e. The number of rotatable bonds is 0. The molecule has 2 unspecified atom stereocenters. The normalized spacial score (nSPS) is 38.9. The SMILES string of the molecule is C#CC1(O)CC(C)NC1=O. The van der Waals surface area contributed by atoms with E-state index in [0.717, 1.165) is 0 Å². The summed E-state index contributed by atoms with van der Waals surface area (Å²) in [4.78, 5) is 10.8. The lowest BCUT2D eigenvalue weighted by molar-refractivity contribution is -0.130. The van der Waals surface area contributed by atoms with E-state index in [1.54, 1.807) is 6.92 Å². The lowest BCUT2D eigenvalue weighted by Gasteiger charge is -2.08. The van der Waals surface area contributed by atoms with E-state index in [-0.39, 0.29) is 6.04 Å². The van der Waals surface area contributed by atoms with Gasteiger partial charge in [-0.15, -0.1) is 6.42 Å². The summed E-state index contributed by atoms with van der Waals surface area (Å²) in [6.45, 7) is 1.80. The second-order valence-electron chi connectivity index (χ2n) is 2.58. The van der Waals surface area contributed by atoms with E-state index < -0.39 is 11.5 Å². The smallest absolute Gasteiger partial charge is 0.264 e. The molecule has 0 bridgehead atoms. The van der Waals surface area contributed by atoms with Crippen molar-refractivity contribution >= 4 is 5.91 Å². The summed E-state index contributed by atoms with van der Waals surface area (Å²) in [6, 6.07) is -0.0199. The zero-order valence-electron chi connectivity index (χ0n) is 5.72. The quantitative estimate of drug-likeness (QED) is 0.434. The summed E-state index contributed by atoms with van der Waals surface area (Å²) in [5, 5.41) is 11.8. The number of aliphatic hydroxyl groups is 1. The van der Waals surface area contributed by atoms with Gasteiger partial charge in [-0.1, -0.05) is 5.92 Å². The minimum Gasteiger partial charge on any atom is -0.369 e. The minimum atomic E-state index is -1.56. The zero-order chi connectivity index (χ0) is 7.78. The Morgan fingerprint density at radius 2 is 2.60 bits per heavy atom. The third kappa shape index (κ3) is 0.869. The van der Waals surface area contributed by atoms with Gasteiger partial charge in [0.25, 0.3) is 5.91 Å². The average Bonchev–Trinajstić information content (AvgIpc) is 2.09. The van der Waals surface area contributed by atoms with Gasteiger partial charge < -0.3 is 10.4 Å². The highest BCUT2D eigenvalue weighted by Crippen LogP contribution is 2.18. The fourth-order valence-electron chi connectivity index (χ4n) is 1.05. The molecule has 10 heavy (non-hydrogen) atoms. The van der Waals surface area contributed by atoms with Gasteiger partial charge in [-0.25, -0.2) is 0 Å². The Morgan fingerprint density at radius 3 is 2.80 bits per heavy atom. The van der Waals surface area contributed by atoms with Crippen LogP contribution in [0.1, 0.15) is 13.3 Å². The van der Waals surface area contributed by atoms with Crippen LogP contribution in [0.4, 0.5) is 0 Å². The van der Waals surface area contributed by atoms with Crippen LogP contribution in [0.2, 0.25) is 0 Å². The summed E-state index contributed by atoms with van der Waals surface area (Å²) in [6.07, 6.45) is 5.27. The first-order valence-electron chi connectivity index (χ1n) is 3.09. The van der Waals surface area contributed by atoms with Crippen molar-refractivity contribution in [3.05, 3.63) is 0 Å². The molecule has 2 N–H and O–H groups in total. The molecule has 1 aliphatic rings. The first kappa shape index (κ1) is 7.10. The van der Waals surface area contributed by atoms with E-state index in [4.69, 9.17) is 6.42 Å². The Balaban J connectivity index is 2.83. The highest BCUT2D eigenvalue weighted by Gasteiger charge is 2.41. The Labute approximate surface area is 59.4 Å². The maximum absolute atomic E-state index is 10.8. The first-order chi connectivity index (χ1) is 4.58. The van der Waals surface area contributed by atoms with Crippen molar-refractivity contribution in [3.8, 4) is 12.3 Å². The van der Waals surface area contributed by atoms with Crippen LogP contribution in [0.3, 0.4) is 0 Å². The average molecular weight is 139 g/mol. The van der Waals surface area contributed by atoms with Crippen LogP contribution in [0.15, 0.2) is 0 Å². The van der Waals surface area contributed by atoms with Crippen molar-refractivity contribution in [1.29, 1.82) is 0 Å². The third-order valence-corrected chi connectivity index (χ3v) is 1.59. The van der Waals surface area contributed by atoms with E-state index in [1.165, 1.54) is 0 Å². The Kier molecular flexibility index (Phi) is 1.42. The van der Waals surface area contributed by atoms with Crippen LogP contribution < -0.4 is 5.32 Å². The van der Waals surface area contributed by atoms with Crippen molar-refractivity contribution in [1.82, 2.24) is 5.32 Å². The fourth-order valence-corrected chi connectivity index (χ4v) is 1.05. The number of terminal acetylenes is 1. The molecule has 2 atom stereocenters. The van der Waals surface area contributed by atoms with Crippen LogP contribution in [-0.2, 0) is 4.79 Å². The standard InChI is InChI=1S/C7H9NO2/c1-3-7(10)4-5(2)8-6(7)9/h1,5,10H,4H2,2H3,(H,8,9). The highest BCUT2D eigenvalue weighted by molar-refractivity contribution is 5.90. The molecule has 1 amide bonds. The monoisotopic (exact) mass is 139 g/mol. The minimum absolute atomic E-state index is 0.0199. The Morgan fingerprint density at radius 1 is 2.00 bits per heavy atom. The molecule has 0 aromatic rings. The molecular weight excluding hydrogens is 130 g/mol. The maximum atomic E-state index is 10.8. The first-order valence-corrected chi connectivity index (χ1v) is 3.09. The van der Waals surface area contributed by atoms with Gasteiger partial charge >= 0.3 is 0 Å². The number of carbonyl (C=O) groups excluding carboxylic acids is 1. The Bertz CT molecular complexity index is 206. The summed E-state index contributed by atoms with van der Waals surface area (Å²) in [7, 11) is 0. The molecule has 0 radical (unpaired) electrons. The summed E-state index contributed by atoms with van der Waals surface area (Å²) in [5.74, 6) is 1.61. The van der Waals surface area contributed by atoms with Gasteiger partial charge in [0, 0.05) is 12.5 Å². The second kappa shape index (κ2) is 1.99. The fraction of sp³-hybridized carbons (Fsp3) is 0.571. The van der Waals surface area contributed by atoms with Crippen molar-refractivity contribution in [2.24, 2.45) is 0 Å². The van der Waals surface area contributed by atoms with Crippen molar-refractivity contribution < 1.29 is 9.90 Å². The van der Waals surface area contributed by atoms with Gasteiger partial charge in [-0.2, -0.15) is 0 Å². The van der Waals surface area contributed by atoms with Gasteiger partial charge in [0.2, 0.25) is 5.60 Å². The number of hydrogen-bond donors (Lipinski definition) is 2. The lowest BCUT2D eigenvalue weighted by Crippen LogP contribution is -2.36. The van der Waals surface area contributed by atoms with Gasteiger partial charge in [-0.05, 0) is 6.92 Å². The number of amides is 1. The van der Waals surface area contributed by atoms with Crippen LogP contribution in [0, 0.1) is 12.3 Å². The molecule has 1 rings (SSSR count). The lowest BCUT2D eigenvalue weighted by atomic mass is 10.0. The van der Waals surface area contributed by atoms with Crippen molar-refractivity contribution in [2.45, 2.75) is 25.0 Å². The molecule has 0 aromatic carbocycles. The van der Waals surface area contributed by atoms with Gasteiger partial charge in [0.15, 0.2) is 0 Å². The van der Waals surface area contributed by atoms with Crippen molar-refractivity contribution in [3.63, 3.8) is 0 Å². The molecule has 3 heteroatoms. The van der Waals surface area contributed by atoms with Gasteiger partial charge in [0.1, 0.15) is 0 Å². The largest absolute Gasteiger partial charge is 0.369 e. The van der Waals surface area contributed by atoms with Crippen LogP contribution >= 0.6 is 0 Å². The predicted octanol–water partition coefficient (Wildman–Crippen LogP) is -0.741. The van der Waals surface area contributed by atoms with Crippen molar-refractivity contribution in [2.75, 3.05) is 0 Å². The van der Waals surface area contributed by atoms with E-state index in [2.05, 4.69) is 11.2 Å². The second-order valence-corrected chi connectivity index (χ2v) is 2.58. The molecule has 0 aromatic heterocycles. The molecule has 3 nitrogen and oxygen atoms in total. The zero-order valence-corrected chi connectivity index (χ0v) is 5.72. The highest BCUT2D eigenvalue weighted by atomic mass is 16.3. The van der Waals surface area contributed by atoms with E-state index >= 15 is 0 Å². The molecule has 54 valence electrons. The van der Waals surface area contributed by atoms with Gasteiger partial charge in [-0.3, -0.25) is 4.79 Å². The molecular formula is C7H9NO2. The Hall–Kier alpha value is -1.01. The summed E-state index contributed by atoms with van der Waals surface area (Å²) in [5.41, 5.74) is -1.56. The predicted molar refractivity (Wildman–Crippen MR) is 36.0 cm³/mol.